The second-order valence-corrected chi connectivity index (χ2v) is 11.8. The zero-order valence-electron chi connectivity index (χ0n) is 28.3. The molecule has 1 rings (SSSR count). The lowest BCUT2D eigenvalue weighted by molar-refractivity contribution is -0.704. The molecular weight excluding hydrogens is 558 g/mol. The monoisotopic (exact) mass is 620 g/mol. The molecule has 0 spiro atoms. The van der Waals surface area contributed by atoms with Crippen LogP contribution in [0.1, 0.15) is 136 Å². The van der Waals surface area contributed by atoms with Crippen LogP contribution in [0.15, 0.2) is 24.4 Å². The lowest BCUT2D eigenvalue weighted by Gasteiger charge is -2.20. The van der Waals surface area contributed by atoms with Crippen molar-refractivity contribution in [2.45, 2.75) is 149 Å². The van der Waals surface area contributed by atoms with Gasteiger partial charge >= 0.3 is 12.2 Å². The molecular formula is C35H62N3O6+. The van der Waals surface area contributed by atoms with E-state index in [0.717, 1.165) is 36.4 Å². The molecule has 0 saturated carbocycles. The molecule has 1 unspecified atom stereocenters. The number of hydrogen-bond donors (Lipinski definition) is 1. The maximum atomic E-state index is 12.7. The van der Waals surface area contributed by atoms with Crippen LogP contribution in [0.3, 0.4) is 0 Å². The van der Waals surface area contributed by atoms with E-state index >= 15 is 0 Å². The molecule has 1 aromatic rings. The van der Waals surface area contributed by atoms with Crippen LogP contribution in [-0.4, -0.2) is 56.0 Å². The van der Waals surface area contributed by atoms with Crippen molar-refractivity contribution in [2.24, 2.45) is 0 Å². The van der Waals surface area contributed by atoms with Gasteiger partial charge in [-0.05, 0) is 6.42 Å². The fourth-order valence-electron chi connectivity index (χ4n) is 5.09. The summed E-state index contributed by atoms with van der Waals surface area (Å²) >= 11 is 0. The number of nitrogens with one attached hydrogen (secondary N) is 1. The van der Waals surface area contributed by atoms with E-state index < -0.39 is 24.2 Å². The van der Waals surface area contributed by atoms with Gasteiger partial charge in [0.25, 0.3) is 0 Å². The predicted octanol–water partition coefficient (Wildman–Crippen LogP) is 7.87. The molecule has 0 aromatic carbocycles. The summed E-state index contributed by atoms with van der Waals surface area (Å²) in [5.41, 5.74) is 0.828. The van der Waals surface area contributed by atoms with E-state index in [0.29, 0.717) is 6.54 Å². The van der Waals surface area contributed by atoms with Gasteiger partial charge in [-0.25, -0.2) is 19.1 Å². The highest BCUT2D eigenvalue weighted by Gasteiger charge is 2.25. The van der Waals surface area contributed by atoms with Gasteiger partial charge in [0, 0.05) is 39.1 Å². The summed E-state index contributed by atoms with van der Waals surface area (Å²) in [6.07, 6.45) is 21.9. The maximum absolute atomic E-state index is 12.7. The zero-order valence-corrected chi connectivity index (χ0v) is 28.3. The van der Waals surface area contributed by atoms with E-state index in [-0.39, 0.29) is 19.8 Å². The summed E-state index contributed by atoms with van der Waals surface area (Å²) in [6.45, 7) is 6.90. The Morgan fingerprint density at radius 3 is 1.84 bits per heavy atom. The van der Waals surface area contributed by atoms with Gasteiger partial charge in [-0.2, -0.15) is 0 Å². The van der Waals surface area contributed by atoms with E-state index in [9.17, 15) is 14.4 Å². The number of imide groups is 1. The highest BCUT2D eigenvalue weighted by molar-refractivity contribution is 5.90. The normalized spacial score (nSPS) is 11.6. The highest BCUT2D eigenvalue weighted by atomic mass is 16.6. The average molecular weight is 621 g/mol. The number of ether oxygens (including phenoxy) is 3. The number of methoxy groups -OCH3 is 1. The number of rotatable bonds is 26. The third-order valence-corrected chi connectivity index (χ3v) is 7.85. The van der Waals surface area contributed by atoms with E-state index in [2.05, 4.69) is 19.2 Å². The Balaban J connectivity index is 2.11. The topological polar surface area (TPSA) is 98.0 Å². The van der Waals surface area contributed by atoms with Crippen molar-refractivity contribution in [3.8, 4) is 0 Å². The number of alkyl carbamates (subject to hydrolysis) is 1. The van der Waals surface area contributed by atoms with Crippen molar-refractivity contribution in [1.29, 1.82) is 0 Å². The van der Waals surface area contributed by atoms with Crippen LogP contribution < -0.4 is 9.88 Å². The number of carbonyl (C=O) groups excluding carboxylic acids is 3. The van der Waals surface area contributed by atoms with Gasteiger partial charge < -0.3 is 19.5 Å². The van der Waals surface area contributed by atoms with Gasteiger partial charge in [-0.1, -0.05) is 116 Å². The SMILES string of the molecule is CCCCCCCCCCCCCCCCCCNC(=O)OCC(COC(=O)N(Cc1cccc[n+]1CCC)C(C)=O)OC. The van der Waals surface area contributed by atoms with Crippen LogP contribution in [0, 0.1) is 0 Å². The molecule has 0 aliphatic heterocycles. The lowest BCUT2D eigenvalue weighted by Crippen LogP contribution is -2.44. The molecule has 44 heavy (non-hydrogen) atoms. The molecule has 0 saturated heterocycles. The van der Waals surface area contributed by atoms with Crippen LogP contribution in [0.4, 0.5) is 9.59 Å². The Morgan fingerprint density at radius 1 is 0.773 bits per heavy atom. The van der Waals surface area contributed by atoms with Gasteiger partial charge in [0.2, 0.25) is 11.6 Å². The van der Waals surface area contributed by atoms with Gasteiger partial charge in [0.15, 0.2) is 6.20 Å². The molecule has 1 heterocycles. The van der Waals surface area contributed by atoms with Crippen molar-refractivity contribution < 1.29 is 33.2 Å². The first-order chi connectivity index (χ1) is 21.4. The number of hydrogen-bond acceptors (Lipinski definition) is 6. The molecule has 9 heteroatoms. The molecule has 1 atom stereocenters. The van der Waals surface area contributed by atoms with Gasteiger partial charge in [0.05, 0.1) is 0 Å². The van der Waals surface area contributed by atoms with Crippen LogP contribution in [-0.2, 0) is 32.1 Å². The van der Waals surface area contributed by atoms with Gasteiger partial charge in [0.1, 0.15) is 32.4 Å². The predicted molar refractivity (Wildman–Crippen MR) is 174 cm³/mol. The number of aryl methyl sites for hydroxylation is 1. The largest absolute Gasteiger partial charge is 0.447 e. The third-order valence-electron chi connectivity index (χ3n) is 7.85. The summed E-state index contributed by atoms with van der Waals surface area (Å²) in [4.78, 5) is 38.0. The maximum Gasteiger partial charge on any atom is 0.417 e. The Morgan fingerprint density at radius 2 is 1.32 bits per heavy atom. The second-order valence-electron chi connectivity index (χ2n) is 11.8. The Kier molecular flexibility index (Phi) is 23.9. The van der Waals surface area contributed by atoms with Crippen molar-refractivity contribution in [1.82, 2.24) is 10.2 Å². The molecule has 1 N–H and O–H groups in total. The molecule has 1 aromatic heterocycles. The number of carbonyl (C=O) groups is 3. The van der Waals surface area contributed by atoms with Crippen LogP contribution in [0.5, 0.6) is 0 Å². The van der Waals surface area contributed by atoms with Crippen molar-refractivity contribution in [3.05, 3.63) is 30.1 Å². The molecule has 9 nitrogen and oxygen atoms in total. The smallest absolute Gasteiger partial charge is 0.417 e. The minimum Gasteiger partial charge on any atom is -0.447 e. The molecule has 0 aliphatic carbocycles. The van der Waals surface area contributed by atoms with Gasteiger partial charge in [-0.3, -0.25) is 4.79 Å². The van der Waals surface area contributed by atoms with Crippen molar-refractivity contribution in [2.75, 3.05) is 26.9 Å². The molecule has 3 amide bonds. The highest BCUT2D eigenvalue weighted by Crippen LogP contribution is 2.13. The molecule has 252 valence electrons. The average Bonchev–Trinajstić information content (AvgIpc) is 3.02. The number of amides is 3. The van der Waals surface area contributed by atoms with E-state index in [1.165, 1.54) is 104 Å². The number of unbranched alkanes of at least 4 members (excludes halogenated alkanes) is 15. The fourth-order valence-corrected chi connectivity index (χ4v) is 5.09. The Labute approximate surface area is 267 Å². The quantitative estimate of drug-likeness (QED) is 0.0836. The minimum atomic E-state index is -0.764. The minimum absolute atomic E-state index is 0.0656. The Bertz CT molecular complexity index is 897. The summed E-state index contributed by atoms with van der Waals surface area (Å²) in [5.74, 6) is -0.416. The Hall–Kier alpha value is -2.68. The van der Waals surface area contributed by atoms with Crippen LogP contribution in [0.25, 0.3) is 0 Å². The standard InChI is InChI=1S/C35H61N3O6/c1-5-7-8-9-10-11-12-13-14-15-16-17-18-19-20-22-25-36-34(40)43-29-33(42-4)30-44-35(41)38(31(3)39)28-32-24-21-23-27-37(32)26-6-2/h21,23-24,27,33H,5-20,22,25-26,28-30H2,1-4H3/p+1. The first-order valence-corrected chi connectivity index (χ1v) is 17.3. The lowest BCUT2D eigenvalue weighted by atomic mass is 10.0. The summed E-state index contributed by atoms with van der Waals surface area (Å²) < 4.78 is 17.9. The van der Waals surface area contributed by atoms with Crippen LogP contribution in [0.2, 0.25) is 0 Å². The zero-order chi connectivity index (χ0) is 32.3. The van der Waals surface area contributed by atoms with Crippen molar-refractivity contribution >= 4 is 18.1 Å². The molecule has 0 radical (unpaired) electrons. The first-order valence-electron chi connectivity index (χ1n) is 17.3. The van der Waals surface area contributed by atoms with E-state index in [1.54, 1.807) is 0 Å². The number of pyridine rings is 1. The fraction of sp³-hybridized carbons (Fsp3) is 0.771. The number of nitrogens with zero attached hydrogens (tertiary/aromatic N) is 2. The number of aromatic nitrogens is 1. The van der Waals surface area contributed by atoms with Crippen molar-refractivity contribution in [3.63, 3.8) is 0 Å². The van der Waals surface area contributed by atoms with E-state index in [1.807, 2.05) is 29.0 Å². The summed E-state index contributed by atoms with van der Waals surface area (Å²) in [5, 5.41) is 2.77. The van der Waals surface area contributed by atoms with Crippen LogP contribution >= 0.6 is 0 Å². The molecule has 0 aliphatic rings. The summed E-state index contributed by atoms with van der Waals surface area (Å²) in [7, 11) is 1.45. The first kappa shape index (κ1) is 39.3. The van der Waals surface area contributed by atoms with Gasteiger partial charge in [-0.15, -0.1) is 0 Å². The molecule has 0 fully saturated rings. The van der Waals surface area contributed by atoms with E-state index in [4.69, 9.17) is 14.2 Å². The summed E-state index contributed by atoms with van der Waals surface area (Å²) in [6, 6.07) is 5.66. The second kappa shape index (κ2) is 26.7. The third kappa shape index (κ3) is 19.6. The molecule has 0 bridgehead atoms.